The van der Waals surface area contributed by atoms with E-state index in [1.54, 1.807) is 20.8 Å². The number of aliphatic hydroxyl groups is 1. The van der Waals surface area contributed by atoms with Gasteiger partial charge in [0.1, 0.15) is 5.60 Å². The van der Waals surface area contributed by atoms with E-state index in [9.17, 15) is 9.90 Å². The Kier molecular flexibility index (Phi) is 4.67. The number of hydrogen-bond acceptors (Lipinski definition) is 4. The third-order valence-corrected chi connectivity index (χ3v) is 5.98. The number of aliphatic hydroxyl groups excluding tert-OH is 1. The van der Waals surface area contributed by atoms with E-state index >= 15 is 0 Å². The zero-order valence-corrected chi connectivity index (χ0v) is 14.7. The number of amides is 1. The van der Waals surface area contributed by atoms with E-state index < -0.39 is 23.8 Å². The third-order valence-electron chi connectivity index (χ3n) is 5.98. The van der Waals surface area contributed by atoms with Gasteiger partial charge in [-0.25, -0.2) is 4.79 Å². The van der Waals surface area contributed by atoms with Crippen molar-refractivity contribution in [2.24, 2.45) is 34.7 Å². The normalized spacial score (nSPS) is 36.1. The lowest BCUT2D eigenvalue weighted by Gasteiger charge is -2.38. The van der Waals surface area contributed by atoms with Gasteiger partial charge in [0.2, 0.25) is 0 Å². The quantitative estimate of drug-likeness (QED) is 0.457. The summed E-state index contributed by atoms with van der Waals surface area (Å²) in [4.78, 5) is 14.9. The Balaban J connectivity index is 1.69. The largest absolute Gasteiger partial charge is 0.444 e. The summed E-state index contributed by atoms with van der Waals surface area (Å²) in [6, 6.07) is -0.598. The fraction of sp³-hybridized carbons (Fsp3) is 0.941. The van der Waals surface area contributed by atoms with E-state index in [1.807, 2.05) is 0 Å². The van der Waals surface area contributed by atoms with Crippen LogP contribution in [0.25, 0.3) is 10.4 Å². The van der Waals surface area contributed by atoms with Gasteiger partial charge in [0.25, 0.3) is 0 Å². The Hall–Kier alpha value is -1.46. The summed E-state index contributed by atoms with van der Waals surface area (Å²) in [5.74, 6) is 2.85. The standard InChI is InChI=1S/C17H28N4O3/c1-17(2,3)24-16(23)20-13(8-19-21-18)15(22)14-11-5-9-4-10(7-11)12(14)6-9/h9-15,22H,4-8H2,1-3H3,(H,20,23). The number of rotatable bonds is 5. The second kappa shape index (κ2) is 6.45. The predicted octanol–water partition coefficient (Wildman–Crippen LogP) is 3.23. The number of carbonyl (C=O) groups excluding carboxylic acids is 1. The average molecular weight is 336 g/mol. The summed E-state index contributed by atoms with van der Waals surface area (Å²) in [6.45, 7) is 5.42. The van der Waals surface area contributed by atoms with Crippen molar-refractivity contribution in [3.63, 3.8) is 0 Å². The molecule has 2 N–H and O–H groups in total. The van der Waals surface area contributed by atoms with Gasteiger partial charge in [-0.05, 0) is 81.6 Å². The Morgan fingerprint density at radius 2 is 2.04 bits per heavy atom. The topological polar surface area (TPSA) is 107 Å². The van der Waals surface area contributed by atoms with E-state index in [2.05, 4.69) is 15.3 Å². The highest BCUT2D eigenvalue weighted by Crippen LogP contribution is 2.62. The molecule has 24 heavy (non-hydrogen) atoms. The monoisotopic (exact) mass is 336 g/mol. The van der Waals surface area contributed by atoms with Crippen molar-refractivity contribution in [2.75, 3.05) is 6.54 Å². The number of carbonyl (C=O) groups is 1. The zero-order valence-electron chi connectivity index (χ0n) is 14.7. The molecule has 0 heterocycles. The van der Waals surface area contributed by atoms with Crippen LogP contribution in [0, 0.1) is 29.6 Å². The molecule has 7 atom stereocenters. The fourth-order valence-electron chi connectivity index (χ4n) is 5.41. The van der Waals surface area contributed by atoms with Crippen molar-refractivity contribution in [3.05, 3.63) is 10.4 Å². The number of azide groups is 1. The van der Waals surface area contributed by atoms with Crippen LogP contribution in [-0.2, 0) is 4.74 Å². The molecule has 4 saturated carbocycles. The first-order valence-corrected chi connectivity index (χ1v) is 8.97. The minimum atomic E-state index is -0.693. The van der Waals surface area contributed by atoms with Crippen molar-refractivity contribution in [1.82, 2.24) is 5.32 Å². The number of alkyl carbamates (subject to hydrolysis) is 1. The van der Waals surface area contributed by atoms with Gasteiger partial charge < -0.3 is 15.2 Å². The van der Waals surface area contributed by atoms with Crippen molar-refractivity contribution in [1.29, 1.82) is 0 Å². The molecule has 7 heteroatoms. The van der Waals surface area contributed by atoms with Crippen LogP contribution in [0.15, 0.2) is 5.11 Å². The SMILES string of the molecule is CC(C)(C)OC(=O)NC(CN=[N+]=[N-])C(O)C1C2CC3CC(C2)C1C3. The maximum absolute atomic E-state index is 12.1. The lowest BCUT2D eigenvalue weighted by atomic mass is 9.72. The molecule has 4 aliphatic carbocycles. The highest BCUT2D eigenvalue weighted by Gasteiger charge is 2.56. The average Bonchev–Trinajstić information content (AvgIpc) is 2.88. The minimum Gasteiger partial charge on any atom is -0.444 e. The summed E-state index contributed by atoms with van der Waals surface area (Å²) in [6.07, 6.45) is 3.61. The molecule has 0 saturated heterocycles. The highest BCUT2D eigenvalue weighted by molar-refractivity contribution is 5.68. The highest BCUT2D eigenvalue weighted by atomic mass is 16.6. The Morgan fingerprint density at radius 1 is 1.33 bits per heavy atom. The number of nitrogens with zero attached hydrogens (tertiary/aromatic N) is 3. The minimum absolute atomic E-state index is 0.0426. The Labute approximate surface area is 142 Å². The Bertz CT molecular complexity index is 536. The molecule has 1 amide bonds. The van der Waals surface area contributed by atoms with E-state index in [0.29, 0.717) is 11.8 Å². The Morgan fingerprint density at radius 3 is 2.67 bits per heavy atom. The molecule has 0 spiro atoms. The van der Waals surface area contributed by atoms with Crippen LogP contribution in [-0.4, -0.2) is 35.5 Å². The molecule has 134 valence electrons. The van der Waals surface area contributed by atoms with E-state index in [-0.39, 0.29) is 12.5 Å². The molecule has 4 bridgehead atoms. The summed E-state index contributed by atoms with van der Waals surface area (Å²) >= 11 is 0. The maximum Gasteiger partial charge on any atom is 0.407 e. The molecular weight excluding hydrogens is 308 g/mol. The summed E-state index contributed by atoms with van der Waals surface area (Å²) in [5, 5.41) is 17.3. The molecule has 0 aromatic carbocycles. The molecule has 7 unspecified atom stereocenters. The van der Waals surface area contributed by atoms with Gasteiger partial charge in [0.15, 0.2) is 0 Å². The first kappa shape index (κ1) is 17.4. The smallest absolute Gasteiger partial charge is 0.407 e. The predicted molar refractivity (Wildman–Crippen MR) is 89.1 cm³/mol. The second-order valence-corrected chi connectivity index (χ2v) is 8.73. The van der Waals surface area contributed by atoms with E-state index in [4.69, 9.17) is 10.3 Å². The zero-order chi connectivity index (χ0) is 17.5. The molecular formula is C17H28N4O3. The lowest BCUT2D eigenvalue weighted by Crippen LogP contribution is -2.52. The van der Waals surface area contributed by atoms with Crippen LogP contribution < -0.4 is 5.32 Å². The first-order chi connectivity index (χ1) is 11.3. The summed E-state index contributed by atoms with van der Waals surface area (Å²) < 4.78 is 5.29. The molecule has 0 aromatic rings. The third kappa shape index (κ3) is 3.47. The van der Waals surface area contributed by atoms with E-state index in [0.717, 1.165) is 11.8 Å². The van der Waals surface area contributed by atoms with Crippen molar-refractivity contribution in [2.45, 2.75) is 64.2 Å². The van der Waals surface area contributed by atoms with Crippen LogP contribution >= 0.6 is 0 Å². The van der Waals surface area contributed by atoms with Crippen LogP contribution in [0.5, 0.6) is 0 Å². The second-order valence-electron chi connectivity index (χ2n) is 8.73. The van der Waals surface area contributed by atoms with E-state index in [1.165, 1.54) is 25.7 Å². The van der Waals surface area contributed by atoms with Crippen LogP contribution in [0.1, 0.15) is 46.5 Å². The fourth-order valence-corrected chi connectivity index (χ4v) is 5.41. The number of hydrogen-bond donors (Lipinski definition) is 2. The maximum atomic E-state index is 12.1. The molecule has 7 nitrogen and oxygen atoms in total. The first-order valence-electron chi connectivity index (χ1n) is 8.97. The van der Waals surface area contributed by atoms with Gasteiger partial charge in [-0.2, -0.15) is 0 Å². The van der Waals surface area contributed by atoms with Gasteiger partial charge in [-0.1, -0.05) is 5.11 Å². The van der Waals surface area contributed by atoms with Crippen molar-refractivity contribution >= 4 is 6.09 Å². The van der Waals surface area contributed by atoms with Crippen LogP contribution in [0.3, 0.4) is 0 Å². The lowest BCUT2D eigenvalue weighted by molar-refractivity contribution is 0.00307. The molecule has 0 aliphatic heterocycles. The van der Waals surface area contributed by atoms with Gasteiger partial charge in [0.05, 0.1) is 12.1 Å². The number of ether oxygens (including phenoxy) is 1. The molecule has 4 fully saturated rings. The van der Waals surface area contributed by atoms with Gasteiger partial charge in [0, 0.05) is 11.5 Å². The summed E-state index contributed by atoms with van der Waals surface area (Å²) in [5.41, 5.74) is 8.02. The van der Waals surface area contributed by atoms with Crippen LogP contribution in [0.2, 0.25) is 0 Å². The molecule has 4 rings (SSSR count). The number of nitrogens with one attached hydrogen (secondary N) is 1. The molecule has 0 aromatic heterocycles. The molecule has 0 radical (unpaired) electrons. The van der Waals surface area contributed by atoms with Crippen molar-refractivity contribution in [3.8, 4) is 0 Å². The van der Waals surface area contributed by atoms with Crippen LogP contribution in [0.4, 0.5) is 4.79 Å². The summed E-state index contributed by atoms with van der Waals surface area (Å²) in [7, 11) is 0. The van der Waals surface area contributed by atoms with Gasteiger partial charge in [-0.3, -0.25) is 0 Å². The van der Waals surface area contributed by atoms with Gasteiger partial charge in [-0.15, -0.1) is 0 Å². The van der Waals surface area contributed by atoms with Crippen molar-refractivity contribution < 1.29 is 14.6 Å². The van der Waals surface area contributed by atoms with Gasteiger partial charge >= 0.3 is 6.09 Å². The molecule has 4 aliphatic rings.